The third kappa shape index (κ3) is 3.37. The van der Waals surface area contributed by atoms with Gasteiger partial charge in [0.15, 0.2) is 6.10 Å². The molecule has 1 aromatic rings. The van der Waals surface area contributed by atoms with E-state index in [-0.39, 0.29) is 5.91 Å². The van der Waals surface area contributed by atoms with Crippen LogP contribution in [-0.4, -0.2) is 40.6 Å². The number of carbonyl (C=O) groups excluding carboxylic acids is 1. The smallest absolute Gasteiger partial charge is 0.326 e. The number of nitrogens with zero attached hydrogens (tertiary/aromatic N) is 2. The molecule has 0 radical (unpaired) electrons. The number of carboxylic acid groups (broad SMARTS) is 1. The molecule has 2 atom stereocenters. The zero-order chi connectivity index (χ0) is 16.1. The van der Waals surface area contributed by atoms with Crippen LogP contribution in [0, 0.1) is 11.3 Å². The third-order valence-electron chi connectivity index (χ3n) is 3.73. The summed E-state index contributed by atoms with van der Waals surface area (Å²) in [4.78, 5) is 25.1. The minimum Gasteiger partial charge on any atom is -0.480 e. The Morgan fingerprint density at radius 1 is 1.41 bits per heavy atom. The van der Waals surface area contributed by atoms with E-state index in [1.54, 1.807) is 31.2 Å². The summed E-state index contributed by atoms with van der Waals surface area (Å²) < 4.78 is 5.57. The van der Waals surface area contributed by atoms with E-state index in [2.05, 4.69) is 0 Å². The predicted octanol–water partition coefficient (Wildman–Crippen LogP) is 1.79. The van der Waals surface area contributed by atoms with Gasteiger partial charge in [0, 0.05) is 6.54 Å². The lowest BCUT2D eigenvalue weighted by atomic mass is 10.0. The number of ether oxygens (including phenoxy) is 1. The normalized spacial score (nSPS) is 19.1. The number of nitriles is 1. The highest BCUT2D eigenvalue weighted by molar-refractivity contribution is 5.86. The van der Waals surface area contributed by atoms with E-state index in [0.29, 0.717) is 24.3 Å². The van der Waals surface area contributed by atoms with E-state index in [1.807, 2.05) is 6.07 Å². The van der Waals surface area contributed by atoms with Crippen molar-refractivity contribution in [2.24, 2.45) is 0 Å². The van der Waals surface area contributed by atoms with E-state index in [1.165, 1.54) is 4.90 Å². The fraction of sp³-hybridized carbons (Fsp3) is 0.438. The molecule has 116 valence electrons. The molecule has 1 N–H and O–H groups in total. The minimum atomic E-state index is -0.988. The molecule has 0 spiro atoms. The average molecular weight is 302 g/mol. The Labute approximate surface area is 128 Å². The van der Waals surface area contributed by atoms with Gasteiger partial charge in [0.05, 0.1) is 5.56 Å². The van der Waals surface area contributed by atoms with Gasteiger partial charge in [0.25, 0.3) is 5.91 Å². The van der Waals surface area contributed by atoms with Crippen molar-refractivity contribution in [3.8, 4) is 11.8 Å². The number of aliphatic carboxylic acids is 1. The summed E-state index contributed by atoms with van der Waals surface area (Å²) in [6.45, 7) is 1.99. The van der Waals surface area contributed by atoms with Crippen LogP contribution in [0.2, 0.25) is 0 Å². The van der Waals surface area contributed by atoms with E-state index < -0.39 is 18.1 Å². The van der Waals surface area contributed by atoms with Crippen LogP contribution in [-0.2, 0) is 9.59 Å². The summed E-state index contributed by atoms with van der Waals surface area (Å²) in [7, 11) is 0. The predicted molar refractivity (Wildman–Crippen MR) is 78.2 cm³/mol. The van der Waals surface area contributed by atoms with Gasteiger partial charge in [0.1, 0.15) is 17.9 Å². The summed E-state index contributed by atoms with van der Waals surface area (Å²) in [5.74, 6) is -1.02. The number of rotatable bonds is 4. The summed E-state index contributed by atoms with van der Waals surface area (Å²) in [5.41, 5.74) is 0.343. The van der Waals surface area contributed by atoms with Crippen molar-refractivity contribution in [1.82, 2.24) is 4.90 Å². The maximum atomic E-state index is 12.5. The van der Waals surface area contributed by atoms with Crippen LogP contribution in [0.1, 0.15) is 31.7 Å². The maximum absolute atomic E-state index is 12.5. The van der Waals surface area contributed by atoms with Crippen LogP contribution in [0.5, 0.6) is 5.75 Å². The van der Waals surface area contributed by atoms with Crippen LogP contribution in [0.25, 0.3) is 0 Å². The Kier molecular flexibility index (Phi) is 4.99. The molecule has 0 unspecified atom stereocenters. The van der Waals surface area contributed by atoms with Crippen LogP contribution >= 0.6 is 0 Å². The first-order valence-corrected chi connectivity index (χ1v) is 7.23. The molecule has 1 aliphatic rings. The quantitative estimate of drug-likeness (QED) is 0.915. The molecular formula is C16H18N2O4. The van der Waals surface area contributed by atoms with Gasteiger partial charge in [-0.05, 0) is 38.3 Å². The van der Waals surface area contributed by atoms with Crippen LogP contribution in [0.3, 0.4) is 0 Å². The van der Waals surface area contributed by atoms with Gasteiger partial charge in [-0.1, -0.05) is 12.1 Å². The molecule has 0 saturated carbocycles. The van der Waals surface area contributed by atoms with E-state index >= 15 is 0 Å². The fourth-order valence-electron chi connectivity index (χ4n) is 2.59. The van der Waals surface area contributed by atoms with Crippen molar-refractivity contribution in [1.29, 1.82) is 5.26 Å². The number of carbonyl (C=O) groups is 2. The van der Waals surface area contributed by atoms with Gasteiger partial charge in [-0.15, -0.1) is 0 Å². The van der Waals surface area contributed by atoms with Crippen molar-refractivity contribution in [3.05, 3.63) is 29.8 Å². The topological polar surface area (TPSA) is 90.6 Å². The molecular weight excluding hydrogens is 284 g/mol. The molecule has 1 fully saturated rings. The SMILES string of the molecule is C[C@H](Oc1ccccc1C#N)C(=O)N1CCCC[C@H]1C(=O)O. The number of carboxylic acids is 1. The van der Waals surface area contributed by atoms with E-state index in [9.17, 15) is 14.7 Å². The first-order chi connectivity index (χ1) is 10.5. The Hall–Kier alpha value is -2.55. The van der Waals surface area contributed by atoms with Crippen molar-refractivity contribution in [2.75, 3.05) is 6.54 Å². The molecule has 22 heavy (non-hydrogen) atoms. The zero-order valence-electron chi connectivity index (χ0n) is 12.4. The number of hydrogen-bond donors (Lipinski definition) is 1. The molecule has 6 nitrogen and oxygen atoms in total. The average Bonchev–Trinajstić information content (AvgIpc) is 2.54. The van der Waals surface area contributed by atoms with Crippen molar-refractivity contribution >= 4 is 11.9 Å². The van der Waals surface area contributed by atoms with Crippen molar-refractivity contribution in [2.45, 2.75) is 38.3 Å². The molecule has 1 amide bonds. The molecule has 0 aliphatic carbocycles. The summed E-state index contributed by atoms with van der Waals surface area (Å²) in [6, 6.07) is 7.86. The number of likely N-dealkylation sites (tertiary alicyclic amines) is 1. The second-order valence-electron chi connectivity index (χ2n) is 5.25. The van der Waals surface area contributed by atoms with Crippen LogP contribution in [0.15, 0.2) is 24.3 Å². The van der Waals surface area contributed by atoms with Gasteiger partial charge in [0.2, 0.25) is 0 Å². The highest BCUT2D eigenvalue weighted by atomic mass is 16.5. The Bertz CT molecular complexity index is 608. The third-order valence-corrected chi connectivity index (χ3v) is 3.73. The zero-order valence-corrected chi connectivity index (χ0v) is 12.4. The van der Waals surface area contributed by atoms with E-state index in [0.717, 1.165) is 12.8 Å². The minimum absolute atomic E-state index is 0.328. The lowest BCUT2D eigenvalue weighted by Gasteiger charge is -2.34. The van der Waals surface area contributed by atoms with Crippen molar-refractivity contribution in [3.63, 3.8) is 0 Å². The van der Waals surface area contributed by atoms with Gasteiger partial charge in [-0.25, -0.2) is 4.79 Å². The Morgan fingerprint density at radius 2 is 2.14 bits per heavy atom. The largest absolute Gasteiger partial charge is 0.480 e. The molecule has 2 rings (SSSR count). The molecule has 6 heteroatoms. The standard InChI is InChI=1S/C16H18N2O4/c1-11(22-14-8-3-2-6-12(14)10-17)15(19)18-9-5-4-7-13(18)16(20)21/h2-3,6,8,11,13H,4-5,7,9H2,1H3,(H,20,21)/t11-,13-/m0/s1. The molecule has 1 saturated heterocycles. The second-order valence-corrected chi connectivity index (χ2v) is 5.25. The van der Waals surface area contributed by atoms with Gasteiger partial charge < -0.3 is 14.7 Å². The number of amides is 1. The first-order valence-electron chi connectivity index (χ1n) is 7.23. The van der Waals surface area contributed by atoms with Crippen LogP contribution in [0.4, 0.5) is 0 Å². The molecule has 1 heterocycles. The first kappa shape index (κ1) is 15.8. The number of hydrogen-bond acceptors (Lipinski definition) is 4. The Balaban J connectivity index is 2.11. The summed E-state index contributed by atoms with van der Waals surface area (Å²) in [5, 5.41) is 18.3. The maximum Gasteiger partial charge on any atom is 0.326 e. The van der Waals surface area contributed by atoms with Gasteiger partial charge >= 0.3 is 5.97 Å². The lowest BCUT2D eigenvalue weighted by molar-refractivity contribution is -0.155. The van der Waals surface area contributed by atoms with Crippen LogP contribution < -0.4 is 4.74 Å². The number of piperidine rings is 1. The van der Waals surface area contributed by atoms with Gasteiger partial charge in [-0.3, -0.25) is 4.79 Å². The summed E-state index contributed by atoms with van der Waals surface area (Å²) in [6.07, 6.45) is 1.21. The fourth-order valence-corrected chi connectivity index (χ4v) is 2.59. The molecule has 0 bridgehead atoms. The number of benzene rings is 1. The van der Waals surface area contributed by atoms with Crippen molar-refractivity contribution < 1.29 is 19.4 Å². The Morgan fingerprint density at radius 3 is 2.82 bits per heavy atom. The monoisotopic (exact) mass is 302 g/mol. The second kappa shape index (κ2) is 6.94. The molecule has 0 aromatic heterocycles. The van der Waals surface area contributed by atoms with Gasteiger partial charge in [-0.2, -0.15) is 5.26 Å². The number of para-hydroxylation sites is 1. The lowest BCUT2D eigenvalue weighted by Crippen LogP contribution is -2.52. The highest BCUT2D eigenvalue weighted by Gasteiger charge is 2.34. The summed E-state index contributed by atoms with van der Waals surface area (Å²) >= 11 is 0. The molecule has 1 aliphatic heterocycles. The van der Waals surface area contributed by atoms with E-state index in [4.69, 9.17) is 10.00 Å². The highest BCUT2D eigenvalue weighted by Crippen LogP contribution is 2.22. The molecule has 1 aromatic carbocycles.